The molecule has 0 aromatic carbocycles. The van der Waals surface area contributed by atoms with Crippen LogP contribution >= 0.6 is 11.3 Å². The molecule has 0 aliphatic carbocycles. The Hall–Kier alpha value is -0.450. The van der Waals surface area contributed by atoms with Gasteiger partial charge in [-0.05, 0) is 26.4 Å². The summed E-state index contributed by atoms with van der Waals surface area (Å²) in [5.74, 6) is 0. The Morgan fingerprint density at radius 1 is 1.19 bits per heavy atom. The van der Waals surface area contributed by atoms with Crippen LogP contribution in [0.15, 0.2) is 5.38 Å². The highest BCUT2D eigenvalue weighted by molar-refractivity contribution is 7.09. The Balaban J connectivity index is 2.88. The maximum Gasteiger partial charge on any atom is 0.0944 e. The van der Waals surface area contributed by atoms with E-state index in [1.165, 1.54) is 10.7 Å². The van der Waals surface area contributed by atoms with E-state index in [-0.39, 0.29) is 17.0 Å². The third kappa shape index (κ3) is 4.27. The fourth-order valence-corrected chi connectivity index (χ4v) is 3.90. The molecule has 2 atom stereocenters. The highest BCUT2D eigenvalue weighted by Crippen LogP contribution is 2.28. The Kier molecular flexibility index (Phi) is 6.38. The van der Waals surface area contributed by atoms with Crippen LogP contribution < -0.4 is 5.73 Å². The predicted molar refractivity (Wildman–Crippen MR) is 94.1 cm³/mol. The van der Waals surface area contributed by atoms with Gasteiger partial charge in [-0.15, -0.1) is 11.3 Å². The van der Waals surface area contributed by atoms with Gasteiger partial charge in [0, 0.05) is 28.8 Å². The van der Waals surface area contributed by atoms with Crippen molar-refractivity contribution in [2.24, 2.45) is 5.73 Å². The van der Waals surface area contributed by atoms with Gasteiger partial charge in [0.15, 0.2) is 0 Å². The second-order valence-corrected chi connectivity index (χ2v) is 8.01. The Morgan fingerprint density at radius 3 is 2.14 bits per heavy atom. The summed E-state index contributed by atoms with van der Waals surface area (Å²) in [6, 6.07) is 0.112. The first-order valence-corrected chi connectivity index (χ1v) is 9.02. The van der Waals surface area contributed by atoms with Crippen molar-refractivity contribution in [1.29, 1.82) is 0 Å². The maximum atomic E-state index is 6.59. The van der Waals surface area contributed by atoms with Crippen LogP contribution in [0.2, 0.25) is 0 Å². The number of hydrogen-bond acceptors (Lipinski definition) is 4. The topological polar surface area (TPSA) is 42.1 Å². The van der Waals surface area contributed by atoms with Crippen LogP contribution in [0.4, 0.5) is 0 Å². The summed E-state index contributed by atoms with van der Waals surface area (Å²) in [6.45, 7) is 17.7. The van der Waals surface area contributed by atoms with Crippen LogP contribution in [0.1, 0.15) is 65.6 Å². The zero-order chi connectivity index (χ0) is 16.3. The minimum absolute atomic E-state index is 0.0388. The third-order valence-electron chi connectivity index (χ3n) is 4.72. The summed E-state index contributed by atoms with van der Waals surface area (Å²) in [4.78, 5) is 7.28. The Bertz CT molecular complexity index is 431. The van der Waals surface area contributed by atoms with Crippen molar-refractivity contribution < 1.29 is 0 Å². The van der Waals surface area contributed by atoms with E-state index < -0.39 is 0 Å². The molecule has 21 heavy (non-hydrogen) atoms. The van der Waals surface area contributed by atoms with Gasteiger partial charge in [0.25, 0.3) is 0 Å². The Morgan fingerprint density at radius 2 is 1.76 bits per heavy atom. The largest absolute Gasteiger partial charge is 0.326 e. The highest BCUT2D eigenvalue weighted by Gasteiger charge is 2.35. The van der Waals surface area contributed by atoms with Crippen LogP contribution in [-0.2, 0) is 11.8 Å². The van der Waals surface area contributed by atoms with Crippen molar-refractivity contribution in [2.75, 3.05) is 13.1 Å². The number of rotatable bonds is 7. The van der Waals surface area contributed by atoms with Crippen molar-refractivity contribution in [3.05, 3.63) is 16.1 Å². The summed E-state index contributed by atoms with van der Waals surface area (Å²) in [5, 5.41) is 3.35. The van der Waals surface area contributed by atoms with Crippen LogP contribution in [0.25, 0.3) is 0 Å². The minimum Gasteiger partial charge on any atom is -0.326 e. The van der Waals surface area contributed by atoms with Crippen molar-refractivity contribution in [3.63, 3.8) is 0 Å². The van der Waals surface area contributed by atoms with Crippen molar-refractivity contribution in [3.8, 4) is 0 Å². The fourth-order valence-electron chi connectivity index (χ4n) is 2.82. The first-order chi connectivity index (χ1) is 9.68. The lowest BCUT2D eigenvalue weighted by Crippen LogP contribution is -2.58. The molecule has 0 amide bonds. The van der Waals surface area contributed by atoms with Crippen LogP contribution in [0.3, 0.4) is 0 Å². The minimum atomic E-state index is 0.0388. The molecule has 0 aliphatic heterocycles. The maximum absolute atomic E-state index is 6.59. The van der Waals surface area contributed by atoms with E-state index in [1.807, 2.05) is 0 Å². The molecular formula is C17H33N3S. The van der Waals surface area contributed by atoms with E-state index >= 15 is 0 Å². The summed E-state index contributed by atoms with van der Waals surface area (Å²) in [7, 11) is 0. The number of nitrogens with two attached hydrogens (primary N) is 1. The van der Waals surface area contributed by atoms with Crippen LogP contribution in [0, 0.1) is 0 Å². The number of nitrogens with zero attached hydrogens (tertiary/aromatic N) is 2. The Labute approximate surface area is 135 Å². The molecule has 0 radical (unpaired) electrons. The zero-order valence-corrected chi connectivity index (χ0v) is 15.7. The average molecular weight is 312 g/mol. The van der Waals surface area contributed by atoms with Gasteiger partial charge in [-0.25, -0.2) is 4.98 Å². The van der Waals surface area contributed by atoms with Gasteiger partial charge in [-0.2, -0.15) is 0 Å². The van der Waals surface area contributed by atoms with Gasteiger partial charge in [0.1, 0.15) is 0 Å². The normalized spacial score (nSPS) is 17.0. The zero-order valence-electron chi connectivity index (χ0n) is 14.9. The van der Waals surface area contributed by atoms with Crippen molar-refractivity contribution in [1.82, 2.24) is 9.88 Å². The van der Waals surface area contributed by atoms with Crippen molar-refractivity contribution in [2.45, 2.75) is 78.3 Å². The lowest BCUT2D eigenvalue weighted by molar-refractivity contribution is 0.0844. The molecule has 122 valence electrons. The van der Waals surface area contributed by atoms with Gasteiger partial charge >= 0.3 is 0 Å². The molecular weight excluding hydrogens is 278 g/mol. The molecule has 0 spiro atoms. The van der Waals surface area contributed by atoms with Gasteiger partial charge in [0.05, 0.1) is 10.7 Å². The first-order valence-electron chi connectivity index (χ1n) is 8.14. The summed E-state index contributed by atoms with van der Waals surface area (Å²) in [6.07, 6.45) is 1.93. The van der Waals surface area contributed by atoms with E-state index in [0.29, 0.717) is 0 Å². The molecule has 0 aliphatic rings. The van der Waals surface area contributed by atoms with Crippen LogP contribution in [0.5, 0.6) is 0 Å². The quantitative estimate of drug-likeness (QED) is 0.832. The second kappa shape index (κ2) is 7.21. The number of thiazole rings is 1. The van der Waals surface area contributed by atoms with E-state index in [0.717, 1.165) is 25.9 Å². The lowest BCUT2D eigenvalue weighted by atomic mass is 9.86. The highest BCUT2D eigenvalue weighted by atomic mass is 32.1. The summed E-state index contributed by atoms with van der Waals surface area (Å²) >= 11 is 1.75. The SMILES string of the molecule is CCN(CC)C(C)(CC)C(N)Cc1nc(C(C)(C)C)cs1. The molecule has 2 unspecified atom stereocenters. The van der Waals surface area contributed by atoms with E-state index in [4.69, 9.17) is 10.7 Å². The van der Waals surface area contributed by atoms with Crippen molar-refractivity contribution >= 4 is 11.3 Å². The molecule has 0 saturated carbocycles. The predicted octanol–water partition coefficient (Wildman–Crippen LogP) is 3.82. The first kappa shape index (κ1) is 18.6. The van der Waals surface area contributed by atoms with Gasteiger partial charge in [0.2, 0.25) is 0 Å². The smallest absolute Gasteiger partial charge is 0.0944 e. The number of likely N-dealkylation sites (N-methyl/N-ethyl adjacent to an activating group) is 1. The lowest BCUT2D eigenvalue weighted by Gasteiger charge is -2.44. The molecule has 0 saturated heterocycles. The molecule has 4 heteroatoms. The van der Waals surface area contributed by atoms with E-state index in [2.05, 4.69) is 58.7 Å². The second-order valence-electron chi connectivity index (χ2n) is 7.07. The number of hydrogen-bond donors (Lipinski definition) is 1. The third-order valence-corrected chi connectivity index (χ3v) is 5.59. The molecule has 3 nitrogen and oxygen atoms in total. The summed E-state index contributed by atoms with van der Waals surface area (Å²) in [5.41, 5.74) is 7.92. The molecule has 0 fully saturated rings. The average Bonchev–Trinajstić information content (AvgIpc) is 2.88. The van der Waals surface area contributed by atoms with E-state index in [1.54, 1.807) is 11.3 Å². The summed E-state index contributed by atoms with van der Waals surface area (Å²) < 4.78 is 0. The van der Waals surface area contributed by atoms with Gasteiger partial charge < -0.3 is 5.73 Å². The monoisotopic (exact) mass is 311 g/mol. The number of aromatic nitrogens is 1. The molecule has 1 heterocycles. The molecule has 1 rings (SSSR count). The fraction of sp³-hybridized carbons (Fsp3) is 0.824. The molecule has 2 N–H and O–H groups in total. The van der Waals surface area contributed by atoms with Gasteiger partial charge in [-0.3, -0.25) is 4.90 Å². The standard InChI is InChI=1S/C17H33N3S/c1-8-17(7,20(9-2)10-3)13(18)11-15-19-14(12-21-15)16(4,5)6/h12-13H,8-11,18H2,1-7H3. The van der Waals surface area contributed by atoms with E-state index in [9.17, 15) is 0 Å². The molecule has 0 bridgehead atoms. The van der Waals surface area contributed by atoms with Gasteiger partial charge in [-0.1, -0.05) is 41.5 Å². The molecule has 1 aromatic rings. The molecule has 1 aromatic heterocycles. The van der Waals surface area contributed by atoms with Crippen LogP contribution in [-0.4, -0.2) is 34.6 Å².